The van der Waals surface area contributed by atoms with Crippen molar-refractivity contribution in [1.29, 1.82) is 0 Å². The van der Waals surface area contributed by atoms with E-state index in [0.717, 1.165) is 5.92 Å². The fourth-order valence-corrected chi connectivity index (χ4v) is 2.32. The van der Waals surface area contributed by atoms with Gasteiger partial charge in [0.2, 0.25) is 0 Å². The third-order valence-electron chi connectivity index (χ3n) is 2.86. The molecule has 0 N–H and O–H groups in total. The summed E-state index contributed by atoms with van der Waals surface area (Å²) in [6, 6.07) is 0. The molecule has 1 heterocycles. The highest BCUT2D eigenvalue weighted by Gasteiger charge is 2.43. The molecule has 70 valence electrons. The quantitative estimate of drug-likeness (QED) is 0.555. The Hall–Kier alpha value is -0.0800. The normalized spacial score (nSPS) is 45.8. The molecule has 0 spiro atoms. The van der Waals surface area contributed by atoms with E-state index in [2.05, 4.69) is 6.92 Å². The van der Waals surface area contributed by atoms with Crippen LogP contribution in [0.5, 0.6) is 0 Å². The number of fused-ring (bicyclic) bond motifs is 1. The molecule has 0 amide bonds. The maximum absolute atomic E-state index is 5.80. The zero-order valence-electron chi connectivity index (χ0n) is 8.17. The summed E-state index contributed by atoms with van der Waals surface area (Å²) in [7, 11) is 0. The van der Waals surface area contributed by atoms with Crippen molar-refractivity contribution in [3.8, 4) is 0 Å². The lowest BCUT2D eigenvalue weighted by Gasteiger charge is -2.26. The van der Waals surface area contributed by atoms with E-state index >= 15 is 0 Å². The van der Waals surface area contributed by atoms with Crippen LogP contribution in [0.4, 0.5) is 0 Å². The average molecular weight is 170 g/mol. The van der Waals surface area contributed by atoms with Gasteiger partial charge in [0.1, 0.15) is 0 Å². The van der Waals surface area contributed by atoms with Crippen LogP contribution in [-0.4, -0.2) is 18.0 Å². The number of hydrogen-bond donors (Lipinski definition) is 0. The monoisotopic (exact) mass is 170 g/mol. The molecule has 0 bridgehead atoms. The molecule has 0 aromatic heterocycles. The van der Waals surface area contributed by atoms with E-state index in [9.17, 15) is 0 Å². The van der Waals surface area contributed by atoms with Crippen molar-refractivity contribution < 1.29 is 9.47 Å². The van der Waals surface area contributed by atoms with E-state index in [0.29, 0.717) is 12.2 Å². The van der Waals surface area contributed by atoms with Gasteiger partial charge in [-0.05, 0) is 39.0 Å². The number of ether oxygens (including phenoxy) is 2. The molecule has 0 radical (unpaired) electrons. The molecular formula is C10H18O2. The van der Waals surface area contributed by atoms with Crippen LogP contribution in [-0.2, 0) is 9.47 Å². The summed E-state index contributed by atoms with van der Waals surface area (Å²) in [6.45, 7) is 6.32. The first kappa shape index (κ1) is 8.52. The van der Waals surface area contributed by atoms with E-state index in [4.69, 9.17) is 9.47 Å². The van der Waals surface area contributed by atoms with Gasteiger partial charge in [-0.1, -0.05) is 6.92 Å². The van der Waals surface area contributed by atoms with E-state index in [-0.39, 0.29) is 5.79 Å². The molecule has 0 aromatic carbocycles. The second-order valence-corrected chi connectivity index (χ2v) is 4.63. The second kappa shape index (κ2) is 2.71. The van der Waals surface area contributed by atoms with Crippen molar-refractivity contribution in [1.82, 2.24) is 0 Å². The summed E-state index contributed by atoms with van der Waals surface area (Å²) in [4.78, 5) is 0. The Kier molecular flexibility index (Phi) is 1.92. The summed E-state index contributed by atoms with van der Waals surface area (Å²) in [5.41, 5.74) is 0. The molecule has 2 fully saturated rings. The van der Waals surface area contributed by atoms with E-state index in [1.165, 1.54) is 19.3 Å². The van der Waals surface area contributed by atoms with Crippen LogP contribution in [0.1, 0.15) is 40.0 Å². The van der Waals surface area contributed by atoms with E-state index < -0.39 is 0 Å². The Bertz CT molecular complexity index is 177. The zero-order valence-corrected chi connectivity index (χ0v) is 8.17. The molecule has 2 heteroatoms. The van der Waals surface area contributed by atoms with Gasteiger partial charge in [0.15, 0.2) is 5.79 Å². The summed E-state index contributed by atoms with van der Waals surface area (Å²) in [5, 5.41) is 0. The maximum atomic E-state index is 5.80. The standard InChI is InChI=1S/C10H18O2/c1-7-4-5-8-9(6-7)12-10(2,3)11-8/h7-9H,4-6H2,1-3H3. The van der Waals surface area contributed by atoms with Gasteiger partial charge >= 0.3 is 0 Å². The van der Waals surface area contributed by atoms with Crippen molar-refractivity contribution in [3.05, 3.63) is 0 Å². The molecule has 2 rings (SSSR count). The van der Waals surface area contributed by atoms with Gasteiger partial charge < -0.3 is 9.47 Å². The lowest BCUT2D eigenvalue weighted by atomic mass is 9.87. The van der Waals surface area contributed by atoms with E-state index in [1.54, 1.807) is 0 Å². The fraction of sp³-hybridized carbons (Fsp3) is 1.00. The Morgan fingerprint density at radius 3 is 2.50 bits per heavy atom. The third kappa shape index (κ3) is 1.50. The van der Waals surface area contributed by atoms with Gasteiger partial charge in [0.25, 0.3) is 0 Å². The summed E-state index contributed by atoms with van der Waals surface area (Å²) >= 11 is 0. The third-order valence-corrected chi connectivity index (χ3v) is 2.86. The first-order valence-electron chi connectivity index (χ1n) is 4.92. The Morgan fingerprint density at radius 2 is 1.75 bits per heavy atom. The second-order valence-electron chi connectivity index (χ2n) is 4.63. The minimum Gasteiger partial charge on any atom is -0.345 e. The van der Waals surface area contributed by atoms with Gasteiger partial charge in [-0.3, -0.25) is 0 Å². The highest BCUT2D eigenvalue weighted by atomic mass is 16.7. The lowest BCUT2D eigenvalue weighted by molar-refractivity contribution is -0.145. The highest BCUT2D eigenvalue weighted by molar-refractivity contribution is 4.86. The molecule has 1 saturated heterocycles. The van der Waals surface area contributed by atoms with Crippen molar-refractivity contribution in [2.75, 3.05) is 0 Å². The Labute approximate surface area is 74.2 Å². The summed E-state index contributed by atoms with van der Waals surface area (Å²) < 4.78 is 11.6. The predicted octanol–water partition coefficient (Wildman–Crippen LogP) is 2.33. The first-order chi connectivity index (χ1) is 5.57. The van der Waals surface area contributed by atoms with Crippen molar-refractivity contribution in [3.63, 3.8) is 0 Å². The summed E-state index contributed by atoms with van der Waals surface area (Å²) in [5.74, 6) is 0.475. The first-order valence-corrected chi connectivity index (χ1v) is 4.92. The van der Waals surface area contributed by atoms with Crippen LogP contribution < -0.4 is 0 Å². The Balaban J connectivity index is 2.02. The van der Waals surface area contributed by atoms with Crippen LogP contribution in [0.3, 0.4) is 0 Å². The Morgan fingerprint density at radius 1 is 1.08 bits per heavy atom. The van der Waals surface area contributed by atoms with Crippen molar-refractivity contribution in [2.45, 2.75) is 58.0 Å². The van der Waals surface area contributed by atoms with Crippen LogP contribution in [0, 0.1) is 5.92 Å². The van der Waals surface area contributed by atoms with Crippen LogP contribution in [0.2, 0.25) is 0 Å². The molecule has 1 aliphatic carbocycles. The molecule has 1 saturated carbocycles. The molecule has 1 aliphatic heterocycles. The van der Waals surface area contributed by atoms with E-state index in [1.807, 2.05) is 13.8 Å². The van der Waals surface area contributed by atoms with Crippen LogP contribution in [0.25, 0.3) is 0 Å². The van der Waals surface area contributed by atoms with Gasteiger partial charge in [0, 0.05) is 0 Å². The minimum absolute atomic E-state index is 0.334. The van der Waals surface area contributed by atoms with Gasteiger partial charge in [-0.25, -0.2) is 0 Å². The molecule has 3 unspecified atom stereocenters. The average Bonchev–Trinajstić information content (AvgIpc) is 2.21. The van der Waals surface area contributed by atoms with Gasteiger partial charge in [-0.15, -0.1) is 0 Å². The fourth-order valence-electron chi connectivity index (χ4n) is 2.32. The van der Waals surface area contributed by atoms with Crippen molar-refractivity contribution >= 4 is 0 Å². The SMILES string of the molecule is CC1CCC2OC(C)(C)OC2C1. The molecule has 12 heavy (non-hydrogen) atoms. The topological polar surface area (TPSA) is 18.5 Å². The molecular weight excluding hydrogens is 152 g/mol. The minimum atomic E-state index is -0.334. The molecule has 0 aromatic rings. The summed E-state index contributed by atoms with van der Waals surface area (Å²) in [6.07, 6.45) is 4.38. The number of hydrogen-bond acceptors (Lipinski definition) is 2. The van der Waals surface area contributed by atoms with Crippen LogP contribution >= 0.6 is 0 Å². The predicted molar refractivity (Wildman–Crippen MR) is 46.8 cm³/mol. The van der Waals surface area contributed by atoms with Gasteiger partial charge in [0.05, 0.1) is 12.2 Å². The van der Waals surface area contributed by atoms with Crippen molar-refractivity contribution in [2.24, 2.45) is 5.92 Å². The molecule has 2 nitrogen and oxygen atoms in total. The highest BCUT2D eigenvalue weighted by Crippen LogP contribution is 2.38. The smallest absolute Gasteiger partial charge is 0.163 e. The lowest BCUT2D eigenvalue weighted by Crippen LogP contribution is -2.29. The molecule has 2 aliphatic rings. The number of rotatable bonds is 0. The van der Waals surface area contributed by atoms with Gasteiger partial charge in [-0.2, -0.15) is 0 Å². The zero-order chi connectivity index (χ0) is 8.77. The molecule has 3 atom stereocenters. The maximum Gasteiger partial charge on any atom is 0.163 e. The van der Waals surface area contributed by atoms with Crippen LogP contribution in [0.15, 0.2) is 0 Å². The largest absolute Gasteiger partial charge is 0.345 e.